The second kappa shape index (κ2) is 11.0. The first-order valence-corrected chi connectivity index (χ1v) is 16.4. The van der Waals surface area contributed by atoms with Crippen molar-refractivity contribution in [2.75, 3.05) is 9.80 Å². The molecule has 9 nitrogen and oxygen atoms in total. The fourth-order valence-corrected chi connectivity index (χ4v) is 9.31. The molecule has 49 heavy (non-hydrogen) atoms. The number of fused-ring (bicyclic) bond motifs is 5. The van der Waals surface area contributed by atoms with Crippen molar-refractivity contribution in [3.63, 3.8) is 0 Å². The van der Waals surface area contributed by atoms with Gasteiger partial charge in [0.15, 0.2) is 9.75 Å². The number of alkyl halides is 2. The number of phenolic OH excluding ortho intramolecular Hbond substituents is 1. The summed E-state index contributed by atoms with van der Waals surface area (Å²) in [5, 5.41) is 31.3. The van der Waals surface area contributed by atoms with Crippen molar-refractivity contribution in [3.8, 4) is 5.75 Å². The van der Waals surface area contributed by atoms with Gasteiger partial charge in [0.2, 0.25) is 11.8 Å². The second-order valence-electron chi connectivity index (χ2n) is 13.0. The molecule has 2 aliphatic carbocycles. The molecule has 2 heterocycles. The van der Waals surface area contributed by atoms with Crippen LogP contribution in [0.2, 0.25) is 0 Å². The van der Waals surface area contributed by atoms with Gasteiger partial charge in [-0.1, -0.05) is 54.1 Å². The van der Waals surface area contributed by atoms with Crippen LogP contribution < -0.4 is 15.3 Å². The third kappa shape index (κ3) is 4.26. The SMILES string of the molecule is O=C1[C@H]2[C@H](CC=C3[C@H]2C[C@@]2(Cl)C(=O)N(c4ccc(F)cc4)C(=O)[C@@]2(Cl)[C@H]3c2ccc(O)c3ccccc23)C(=O)N1c1cccc(B(O)O)c1. The number of allylic oxidation sites excluding steroid dienone is 2. The van der Waals surface area contributed by atoms with Crippen LogP contribution in [0, 0.1) is 23.6 Å². The molecule has 3 N–H and O–H groups in total. The molecule has 4 aliphatic rings. The summed E-state index contributed by atoms with van der Waals surface area (Å²) in [5.74, 6) is -7.03. The number of carbonyl (C=O) groups excluding carboxylic acids is 4. The van der Waals surface area contributed by atoms with E-state index < -0.39 is 70.0 Å². The number of halogens is 3. The van der Waals surface area contributed by atoms with E-state index in [4.69, 9.17) is 23.2 Å². The van der Waals surface area contributed by atoms with Gasteiger partial charge in [0.1, 0.15) is 11.6 Å². The number of anilines is 2. The topological polar surface area (TPSA) is 135 Å². The number of benzene rings is 4. The minimum atomic E-state index is -2.13. The number of rotatable bonds is 4. The van der Waals surface area contributed by atoms with Gasteiger partial charge < -0.3 is 15.2 Å². The zero-order valence-corrected chi connectivity index (χ0v) is 27.0. The molecule has 8 rings (SSSR count). The summed E-state index contributed by atoms with van der Waals surface area (Å²) in [6.07, 6.45) is 1.67. The van der Waals surface area contributed by atoms with E-state index in [1.807, 2.05) is 0 Å². The van der Waals surface area contributed by atoms with E-state index in [9.17, 15) is 38.7 Å². The molecular weight excluding hydrogens is 673 g/mol. The number of hydrogen-bond donors (Lipinski definition) is 3. The predicted octanol–water partition coefficient (Wildman–Crippen LogP) is 4.13. The van der Waals surface area contributed by atoms with E-state index in [1.54, 1.807) is 36.4 Å². The van der Waals surface area contributed by atoms with Gasteiger partial charge >= 0.3 is 7.12 Å². The lowest BCUT2D eigenvalue weighted by Gasteiger charge is -2.51. The van der Waals surface area contributed by atoms with Crippen LogP contribution in [0.5, 0.6) is 5.75 Å². The number of aromatic hydroxyl groups is 1. The maximum atomic E-state index is 14.6. The number of nitrogens with zero attached hydrogens (tertiary/aromatic N) is 2. The lowest BCUT2D eigenvalue weighted by atomic mass is 9.56. The Morgan fingerprint density at radius 2 is 1.49 bits per heavy atom. The van der Waals surface area contributed by atoms with Gasteiger partial charge in [0.25, 0.3) is 11.8 Å². The first-order chi connectivity index (χ1) is 23.4. The second-order valence-corrected chi connectivity index (χ2v) is 14.2. The van der Waals surface area contributed by atoms with Crippen molar-refractivity contribution in [1.29, 1.82) is 0 Å². The largest absolute Gasteiger partial charge is 0.507 e. The molecule has 4 aromatic rings. The van der Waals surface area contributed by atoms with Gasteiger partial charge in [-0.05, 0) is 77.6 Å². The molecule has 0 unspecified atom stereocenters. The number of hydrogen-bond acceptors (Lipinski definition) is 7. The molecule has 1 saturated carbocycles. The summed E-state index contributed by atoms with van der Waals surface area (Å²) in [5.41, 5.74) is 1.37. The Bertz CT molecular complexity index is 2160. The molecule has 6 atom stereocenters. The molecule has 0 aromatic heterocycles. The van der Waals surface area contributed by atoms with Crippen molar-refractivity contribution in [2.45, 2.75) is 28.5 Å². The molecule has 3 fully saturated rings. The molecular formula is C36H26BCl2FN2O7. The highest BCUT2D eigenvalue weighted by molar-refractivity contribution is 6.59. The Labute approximate surface area is 289 Å². The third-order valence-electron chi connectivity index (χ3n) is 10.6. The lowest BCUT2D eigenvalue weighted by molar-refractivity contribution is -0.125. The van der Waals surface area contributed by atoms with Crippen molar-refractivity contribution >= 4 is 81.6 Å². The zero-order chi connectivity index (χ0) is 34.6. The monoisotopic (exact) mass is 698 g/mol. The maximum Gasteiger partial charge on any atom is 0.488 e. The van der Waals surface area contributed by atoms with Crippen LogP contribution in [-0.2, 0) is 19.2 Å². The van der Waals surface area contributed by atoms with E-state index in [2.05, 4.69) is 0 Å². The van der Waals surface area contributed by atoms with Crippen LogP contribution in [0.1, 0.15) is 24.3 Å². The minimum absolute atomic E-state index is 0.0191. The third-order valence-corrected chi connectivity index (χ3v) is 12.0. The summed E-state index contributed by atoms with van der Waals surface area (Å²) in [7, 11) is -1.83. The van der Waals surface area contributed by atoms with Crippen LogP contribution in [0.15, 0.2) is 96.6 Å². The molecule has 0 spiro atoms. The highest BCUT2D eigenvalue weighted by atomic mass is 35.5. The first-order valence-electron chi connectivity index (χ1n) is 15.7. The molecule has 246 valence electrons. The number of imide groups is 2. The number of amides is 4. The molecule has 2 saturated heterocycles. The van der Waals surface area contributed by atoms with Gasteiger partial charge in [0.05, 0.1) is 23.2 Å². The minimum Gasteiger partial charge on any atom is -0.507 e. The first kappa shape index (κ1) is 31.7. The van der Waals surface area contributed by atoms with E-state index in [1.165, 1.54) is 42.5 Å². The van der Waals surface area contributed by atoms with E-state index in [0.717, 1.165) is 21.9 Å². The van der Waals surface area contributed by atoms with Crippen LogP contribution >= 0.6 is 23.2 Å². The molecule has 13 heteroatoms. The fourth-order valence-electron chi connectivity index (χ4n) is 8.38. The fraction of sp³-hybridized carbons (Fsp3) is 0.222. The van der Waals surface area contributed by atoms with Crippen LogP contribution in [-0.4, -0.2) is 55.7 Å². The molecule has 4 aromatic carbocycles. The number of carbonyl (C=O) groups is 4. The predicted molar refractivity (Wildman–Crippen MR) is 181 cm³/mol. The summed E-state index contributed by atoms with van der Waals surface area (Å²) in [6.45, 7) is 0. The molecule has 0 bridgehead atoms. The van der Waals surface area contributed by atoms with Crippen molar-refractivity contribution in [3.05, 3.63) is 108 Å². The van der Waals surface area contributed by atoms with Gasteiger partial charge in [-0.25, -0.2) is 9.29 Å². The highest BCUT2D eigenvalue weighted by Gasteiger charge is 2.76. The van der Waals surface area contributed by atoms with E-state index in [-0.39, 0.29) is 35.4 Å². The Morgan fingerprint density at radius 1 is 0.776 bits per heavy atom. The average Bonchev–Trinajstić information content (AvgIpc) is 3.43. The van der Waals surface area contributed by atoms with Crippen molar-refractivity contribution < 1.29 is 38.7 Å². The summed E-state index contributed by atoms with van der Waals surface area (Å²) in [6, 6.07) is 20.7. The highest BCUT2D eigenvalue weighted by Crippen LogP contribution is 2.66. The number of phenols is 1. The Kier molecular flexibility index (Phi) is 7.11. The average molecular weight is 699 g/mol. The van der Waals surface area contributed by atoms with Crippen LogP contribution in [0.25, 0.3) is 10.8 Å². The van der Waals surface area contributed by atoms with Crippen molar-refractivity contribution in [1.82, 2.24) is 0 Å². The Morgan fingerprint density at radius 3 is 2.20 bits per heavy atom. The van der Waals surface area contributed by atoms with Gasteiger partial charge in [-0.15, -0.1) is 23.2 Å². The van der Waals surface area contributed by atoms with Gasteiger partial charge in [-0.3, -0.25) is 24.1 Å². The lowest BCUT2D eigenvalue weighted by Crippen LogP contribution is -2.60. The summed E-state index contributed by atoms with van der Waals surface area (Å²) >= 11 is 14.9. The normalized spacial score (nSPS) is 29.2. The van der Waals surface area contributed by atoms with Crippen LogP contribution in [0.3, 0.4) is 0 Å². The standard InChI is InChI=1S/C36H26BCl2FN2O7/c38-35-17-27-25(12-13-26-29(27)32(45)41(31(26)44)21-5-3-4-18(16-21)37(48)49)30(24-14-15-28(43)23-7-2-1-6-22(23)24)36(35,39)34(47)42(33(35)46)20-10-8-19(40)9-11-20/h1-12,14-16,26-27,29-30,43,48-49H,13,17H2/t26-,27+,29-,30-,35+,36-/m0/s1. The van der Waals surface area contributed by atoms with Gasteiger partial charge in [0, 0.05) is 11.3 Å². The maximum absolute atomic E-state index is 14.6. The molecule has 4 amide bonds. The van der Waals surface area contributed by atoms with Crippen molar-refractivity contribution in [2.24, 2.45) is 17.8 Å². The molecule has 0 radical (unpaired) electrons. The summed E-state index contributed by atoms with van der Waals surface area (Å²) in [4.78, 5) is 55.1. The van der Waals surface area contributed by atoms with Crippen LogP contribution in [0.4, 0.5) is 15.8 Å². The quantitative estimate of drug-likeness (QED) is 0.126. The molecule has 2 aliphatic heterocycles. The summed E-state index contributed by atoms with van der Waals surface area (Å²) < 4.78 is 13.9. The van der Waals surface area contributed by atoms with Gasteiger partial charge in [-0.2, -0.15) is 0 Å². The Balaban J connectivity index is 1.32. The van der Waals surface area contributed by atoms with E-state index >= 15 is 0 Å². The van der Waals surface area contributed by atoms with E-state index in [0.29, 0.717) is 21.9 Å². The Hall–Kier alpha value is -4.55. The smallest absolute Gasteiger partial charge is 0.488 e. The zero-order valence-electron chi connectivity index (χ0n) is 25.5.